The Balaban J connectivity index is 1.80. The van der Waals surface area contributed by atoms with Crippen LogP contribution in [0.1, 0.15) is 53.4 Å². The molecule has 0 heterocycles. The molecular weight excluding hydrogens is 471 g/mol. The molecule has 0 aromatic heterocycles. The van der Waals surface area contributed by atoms with E-state index in [0.29, 0.717) is 27.8 Å². The number of anilines is 1. The van der Waals surface area contributed by atoms with Crippen LogP contribution in [0, 0.1) is 20.8 Å². The van der Waals surface area contributed by atoms with Crippen molar-refractivity contribution < 1.29 is 14.3 Å². The van der Waals surface area contributed by atoms with Crippen LogP contribution >= 0.6 is 23.2 Å². The van der Waals surface area contributed by atoms with Crippen molar-refractivity contribution >= 4 is 40.8 Å². The van der Waals surface area contributed by atoms with Crippen LogP contribution in [-0.4, -0.2) is 11.9 Å². The van der Waals surface area contributed by atoms with E-state index in [1.165, 1.54) is 5.56 Å². The number of carbonyl (C=O) groups is 2. The maximum atomic E-state index is 12.5. The minimum atomic E-state index is -0.686. The first-order chi connectivity index (χ1) is 15.9. The third kappa shape index (κ3) is 5.72. The number of nitrogens with one attached hydrogen (secondary N) is 2. The van der Waals surface area contributed by atoms with Crippen molar-refractivity contribution in [2.75, 3.05) is 5.32 Å². The molecule has 3 amide bonds. The molecule has 0 bridgehead atoms. The zero-order valence-corrected chi connectivity index (χ0v) is 21.6. The van der Waals surface area contributed by atoms with Crippen LogP contribution in [0.2, 0.25) is 10.0 Å². The Labute approximate surface area is 210 Å². The van der Waals surface area contributed by atoms with Gasteiger partial charge in [-0.2, -0.15) is 0 Å². The summed E-state index contributed by atoms with van der Waals surface area (Å²) >= 11 is 12.6. The van der Waals surface area contributed by atoms with Crippen molar-refractivity contribution in [3.63, 3.8) is 0 Å². The Morgan fingerprint density at radius 3 is 2.18 bits per heavy atom. The highest BCUT2D eigenvalue weighted by molar-refractivity contribution is 6.34. The van der Waals surface area contributed by atoms with Crippen molar-refractivity contribution in [3.8, 4) is 11.5 Å². The van der Waals surface area contributed by atoms with Crippen LogP contribution in [0.25, 0.3) is 0 Å². The van der Waals surface area contributed by atoms with Crippen LogP contribution in [-0.2, 0) is 5.41 Å². The van der Waals surface area contributed by atoms with E-state index in [0.717, 1.165) is 11.1 Å². The summed E-state index contributed by atoms with van der Waals surface area (Å²) in [5.74, 6) is 0.595. The van der Waals surface area contributed by atoms with Crippen molar-refractivity contribution in [2.45, 2.75) is 47.0 Å². The first-order valence-corrected chi connectivity index (χ1v) is 11.6. The maximum Gasteiger partial charge on any atom is 0.326 e. The van der Waals surface area contributed by atoms with Crippen molar-refractivity contribution in [2.24, 2.45) is 0 Å². The van der Waals surface area contributed by atoms with E-state index in [1.807, 2.05) is 26.0 Å². The summed E-state index contributed by atoms with van der Waals surface area (Å²) in [5.41, 5.74) is 4.33. The normalized spacial score (nSPS) is 11.2. The SMILES string of the molecule is Cc1cc(C(C)(C)C)ccc1Oc1cc(C)c(NC(=O)NC(=O)c2ccccc2Cl)c(C)c1Cl. The second kappa shape index (κ2) is 10.1. The smallest absolute Gasteiger partial charge is 0.326 e. The second-order valence-electron chi connectivity index (χ2n) is 9.23. The molecule has 3 aromatic rings. The summed E-state index contributed by atoms with van der Waals surface area (Å²) in [6.07, 6.45) is 0. The molecule has 0 spiro atoms. The molecular formula is C27H28Cl2N2O3. The number of benzene rings is 3. The lowest BCUT2D eigenvalue weighted by atomic mass is 9.86. The average molecular weight is 499 g/mol. The highest BCUT2D eigenvalue weighted by Gasteiger charge is 2.19. The summed E-state index contributed by atoms with van der Waals surface area (Å²) < 4.78 is 6.14. The first kappa shape index (κ1) is 25.6. The Morgan fingerprint density at radius 1 is 0.882 bits per heavy atom. The van der Waals surface area contributed by atoms with Gasteiger partial charge >= 0.3 is 6.03 Å². The van der Waals surface area contributed by atoms with Crippen LogP contribution in [0.4, 0.5) is 10.5 Å². The van der Waals surface area contributed by atoms with Gasteiger partial charge in [-0.3, -0.25) is 10.1 Å². The molecule has 0 saturated carbocycles. The Kier molecular flexibility index (Phi) is 7.59. The number of imide groups is 1. The highest BCUT2D eigenvalue weighted by atomic mass is 35.5. The van der Waals surface area contributed by atoms with Crippen LogP contribution < -0.4 is 15.4 Å². The molecule has 34 heavy (non-hydrogen) atoms. The Morgan fingerprint density at radius 2 is 1.56 bits per heavy atom. The lowest BCUT2D eigenvalue weighted by Gasteiger charge is -2.21. The topological polar surface area (TPSA) is 67.4 Å². The molecule has 5 nitrogen and oxygen atoms in total. The molecule has 0 aliphatic heterocycles. The largest absolute Gasteiger partial charge is 0.456 e. The van der Waals surface area contributed by atoms with Crippen molar-refractivity contribution in [1.82, 2.24) is 5.32 Å². The van der Waals surface area contributed by atoms with E-state index in [2.05, 4.69) is 37.5 Å². The van der Waals surface area contributed by atoms with Gasteiger partial charge in [0.15, 0.2) is 0 Å². The minimum Gasteiger partial charge on any atom is -0.456 e. The fourth-order valence-electron chi connectivity index (χ4n) is 3.50. The highest BCUT2D eigenvalue weighted by Crippen LogP contribution is 2.39. The van der Waals surface area contributed by atoms with E-state index >= 15 is 0 Å². The molecule has 0 atom stereocenters. The molecule has 0 aliphatic rings. The summed E-state index contributed by atoms with van der Waals surface area (Å²) in [6, 6.07) is 13.7. The number of hydrogen-bond acceptors (Lipinski definition) is 3. The molecule has 0 fully saturated rings. The maximum absolute atomic E-state index is 12.5. The van der Waals surface area contributed by atoms with Gasteiger partial charge in [0.1, 0.15) is 11.5 Å². The van der Waals surface area contributed by atoms with Gasteiger partial charge in [0, 0.05) is 5.69 Å². The third-order valence-electron chi connectivity index (χ3n) is 5.51. The summed E-state index contributed by atoms with van der Waals surface area (Å²) in [4.78, 5) is 24.9. The molecule has 2 N–H and O–H groups in total. The predicted molar refractivity (Wildman–Crippen MR) is 139 cm³/mol. The van der Waals surface area contributed by atoms with Gasteiger partial charge in [-0.15, -0.1) is 0 Å². The third-order valence-corrected chi connectivity index (χ3v) is 6.31. The van der Waals surface area contributed by atoms with Crippen LogP contribution in [0.5, 0.6) is 11.5 Å². The van der Waals surface area contributed by atoms with E-state index in [1.54, 1.807) is 37.3 Å². The fourth-order valence-corrected chi connectivity index (χ4v) is 3.91. The average Bonchev–Trinajstić information content (AvgIpc) is 2.75. The summed E-state index contributed by atoms with van der Waals surface area (Å²) in [5, 5.41) is 5.64. The monoisotopic (exact) mass is 498 g/mol. The van der Waals surface area contributed by atoms with Crippen LogP contribution in [0.15, 0.2) is 48.5 Å². The summed E-state index contributed by atoms with van der Waals surface area (Å²) in [7, 11) is 0. The van der Waals surface area contributed by atoms with E-state index in [-0.39, 0.29) is 16.0 Å². The molecule has 3 aromatic carbocycles. The van der Waals surface area contributed by atoms with Crippen molar-refractivity contribution in [3.05, 3.63) is 86.4 Å². The zero-order valence-electron chi connectivity index (χ0n) is 20.1. The quantitative estimate of drug-likeness (QED) is 0.383. The number of urea groups is 1. The van der Waals surface area contributed by atoms with Crippen molar-refractivity contribution in [1.29, 1.82) is 0 Å². The number of aryl methyl sites for hydroxylation is 2. The van der Waals surface area contributed by atoms with Gasteiger partial charge in [-0.05, 0) is 72.7 Å². The molecule has 0 aliphatic carbocycles. The number of hydrogen-bond donors (Lipinski definition) is 2. The van der Waals surface area contributed by atoms with Gasteiger partial charge in [0.25, 0.3) is 5.91 Å². The number of ether oxygens (including phenoxy) is 1. The lowest BCUT2D eigenvalue weighted by Crippen LogP contribution is -2.34. The molecule has 3 rings (SSSR count). The molecule has 178 valence electrons. The predicted octanol–water partition coefficient (Wildman–Crippen LogP) is 7.97. The van der Waals surface area contributed by atoms with Gasteiger partial charge < -0.3 is 10.1 Å². The summed E-state index contributed by atoms with van der Waals surface area (Å²) in [6.45, 7) is 12.1. The van der Waals surface area contributed by atoms with Gasteiger partial charge in [0.2, 0.25) is 0 Å². The standard InChI is InChI=1S/C27H28Cl2N2O3/c1-15-13-18(27(4,5)6)11-12-21(15)34-22-14-16(2)24(17(3)23(22)29)30-26(33)31-25(32)19-9-7-8-10-20(19)28/h7-14H,1-6H3,(H2,30,31,32,33). The Hall–Kier alpha value is -3.02. The Bertz CT molecular complexity index is 1260. The van der Waals surface area contributed by atoms with E-state index in [4.69, 9.17) is 27.9 Å². The number of carbonyl (C=O) groups excluding carboxylic acids is 2. The first-order valence-electron chi connectivity index (χ1n) is 10.8. The van der Waals surface area contributed by atoms with E-state index in [9.17, 15) is 9.59 Å². The molecule has 0 unspecified atom stereocenters. The fraction of sp³-hybridized carbons (Fsp3) is 0.259. The number of rotatable bonds is 4. The van der Waals surface area contributed by atoms with Gasteiger partial charge in [0.05, 0.1) is 15.6 Å². The zero-order chi connectivity index (χ0) is 25.2. The minimum absolute atomic E-state index is 0.0369. The number of amides is 3. The molecule has 7 heteroatoms. The molecule has 0 saturated heterocycles. The van der Waals surface area contributed by atoms with Crippen LogP contribution in [0.3, 0.4) is 0 Å². The van der Waals surface area contributed by atoms with Gasteiger partial charge in [-0.1, -0.05) is 68.2 Å². The van der Waals surface area contributed by atoms with Gasteiger partial charge in [-0.25, -0.2) is 4.79 Å². The molecule has 0 radical (unpaired) electrons. The number of halogens is 2. The lowest BCUT2D eigenvalue weighted by molar-refractivity contribution is 0.0967. The second-order valence-corrected chi connectivity index (χ2v) is 10.0. The van der Waals surface area contributed by atoms with E-state index < -0.39 is 11.9 Å².